The second kappa shape index (κ2) is 10.6. The Morgan fingerprint density at radius 3 is 2.74 bits per heavy atom. The summed E-state index contributed by atoms with van der Waals surface area (Å²) >= 11 is 4.85. The number of esters is 1. The van der Waals surface area contributed by atoms with E-state index in [0.29, 0.717) is 37.9 Å². The smallest absolute Gasteiger partial charge is 0.338 e. The lowest BCUT2D eigenvalue weighted by Gasteiger charge is -2.24. The molecular weight excluding hydrogens is 568 g/mol. The number of allylic oxidation sites excluding steroid dienone is 1. The fourth-order valence-corrected chi connectivity index (χ4v) is 6.16. The zero-order valence-corrected chi connectivity index (χ0v) is 23.7. The average Bonchev–Trinajstić information content (AvgIpc) is 3.47. The zero-order valence-electron chi connectivity index (χ0n) is 21.3. The van der Waals surface area contributed by atoms with Crippen LogP contribution in [0.2, 0.25) is 0 Å². The van der Waals surface area contributed by atoms with Gasteiger partial charge in [-0.2, -0.15) is 0 Å². The van der Waals surface area contributed by atoms with Gasteiger partial charge in [0.1, 0.15) is 17.3 Å². The number of hydrogen-bond acceptors (Lipinski definition) is 7. The molecule has 0 fully saturated rings. The number of carbonyl (C=O) groups is 1. The van der Waals surface area contributed by atoms with E-state index < -0.39 is 12.0 Å². The first-order valence-electron chi connectivity index (χ1n) is 12.0. The first-order valence-corrected chi connectivity index (χ1v) is 13.6. The van der Waals surface area contributed by atoms with Crippen molar-refractivity contribution in [2.45, 2.75) is 26.8 Å². The number of fused-ring (bicyclic) bond motifs is 1. The zero-order chi connectivity index (χ0) is 27.0. The van der Waals surface area contributed by atoms with Crippen molar-refractivity contribution in [3.05, 3.63) is 107 Å². The standard InChI is InChI=1S/C29H25BrN2O5S/c1-5-36-28(34)25-17(3)31-29-32(26(25)18-7-6-8-19(14-18)35-4)27(33)24(38-29)15-20-10-12-23(37-20)21-11-9-16(2)13-22(21)30/h6-15,26H,5H2,1-4H3/b24-15-. The van der Waals surface area contributed by atoms with Crippen molar-refractivity contribution in [2.75, 3.05) is 13.7 Å². The molecule has 0 saturated heterocycles. The first kappa shape index (κ1) is 25.9. The number of nitrogens with zero attached hydrogens (tertiary/aromatic N) is 2. The van der Waals surface area contributed by atoms with Crippen LogP contribution in [0.25, 0.3) is 17.4 Å². The summed E-state index contributed by atoms with van der Waals surface area (Å²) in [6.45, 7) is 5.74. The topological polar surface area (TPSA) is 83.0 Å². The molecule has 2 aromatic heterocycles. The van der Waals surface area contributed by atoms with E-state index in [4.69, 9.17) is 13.9 Å². The molecule has 7 nitrogen and oxygen atoms in total. The minimum atomic E-state index is -0.710. The van der Waals surface area contributed by atoms with Gasteiger partial charge < -0.3 is 13.9 Å². The van der Waals surface area contributed by atoms with E-state index in [2.05, 4.69) is 20.9 Å². The molecule has 1 aliphatic heterocycles. The van der Waals surface area contributed by atoms with E-state index in [1.165, 1.54) is 11.3 Å². The number of aromatic nitrogens is 1. The first-order chi connectivity index (χ1) is 18.3. The van der Waals surface area contributed by atoms with Gasteiger partial charge in [-0.15, -0.1) is 0 Å². The van der Waals surface area contributed by atoms with Gasteiger partial charge >= 0.3 is 5.97 Å². The van der Waals surface area contributed by atoms with E-state index in [0.717, 1.165) is 21.2 Å². The van der Waals surface area contributed by atoms with Crippen LogP contribution >= 0.6 is 27.3 Å². The number of furan rings is 1. The maximum absolute atomic E-state index is 13.8. The molecule has 0 spiro atoms. The molecule has 0 amide bonds. The van der Waals surface area contributed by atoms with Gasteiger partial charge in [-0.05, 0) is 68.3 Å². The van der Waals surface area contributed by atoms with Gasteiger partial charge in [-0.1, -0.05) is 45.5 Å². The van der Waals surface area contributed by atoms with E-state index >= 15 is 0 Å². The summed E-state index contributed by atoms with van der Waals surface area (Å²) in [7, 11) is 1.57. The van der Waals surface area contributed by atoms with Gasteiger partial charge in [0, 0.05) is 16.1 Å². The molecule has 9 heteroatoms. The number of hydrogen-bond donors (Lipinski definition) is 0. The van der Waals surface area contributed by atoms with Gasteiger partial charge in [0.05, 0.1) is 35.6 Å². The second-order valence-corrected chi connectivity index (χ2v) is 10.6. The third kappa shape index (κ3) is 4.79. The maximum Gasteiger partial charge on any atom is 0.338 e. The summed E-state index contributed by atoms with van der Waals surface area (Å²) in [6.07, 6.45) is 1.71. The highest BCUT2D eigenvalue weighted by Gasteiger charge is 2.33. The van der Waals surface area contributed by atoms with Gasteiger partial charge in [0.2, 0.25) is 0 Å². The van der Waals surface area contributed by atoms with Crippen LogP contribution in [0.1, 0.15) is 36.8 Å². The van der Waals surface area contributed by atoms with Gasteiger partial charge in [-0.3, -0.25) is 9.36 Å². The number of halogens is 1. The Morgan fingerprint density at radius 2 is 2.00 bits per heavy atom. The number of methoxy groups -OCH3 is 1. The van der Waals surface area contributed by atoms with Crippen LogP contribution < -0.4 is 19.6 Å². The minimum Gasteiger partial charge on any atom is -0.497 e. The molecule has 194 valence electrons. The van der Waals surface area contributed by atoms with Crippen LogP contribution in [0.15, 0.2) is 84.5 Å². The summed E-state index contributed by atoms with van der Waals surface area (Å²) in [5, 5.41) is 0. The molecule has 0 saturated carbocycles. The summed E-state index contributed by atoms with van der Waals surface area (Å²) < 4.78 is 19.8. The summed E-state index contributed by atoms with van der Waals surface area (Å²) in [4.78, 5) is 31.9. The normalized spacial score (nSPS) is 15.3. The van der Waals surface area contributed by atoms with Crippen molar-refractivity contribution in [1.29, 1.82) is 0 Å². The Morgan fingerprint density at radius 1 is 1.18 bits per heavy atom. The molecule has 0 aliphatic carbocycles. The van der Waals surface area contributed by atoms with Gasteiger partial charge in [0.25, 0.3) is 5.56 Å². The lowest BCUT2D eigenvalue weighted by atomic mass is 9.95. The molecule has 4 aromatic rings. The highest BCUT2D eigenvalue weighted by molar-refractivity contribution is 9.10. The number of aryl methyl sites for hydroxylation is 1. The van der Waals surface area contributed by atoms with Crippen LogP contribution in [0, 0.1) is 6.92 Å². The summed E-state index contributed by atoms with van der Waals surface area (Å²) in [5.74, 6) is 1.34. The predicted molar refractivity (Wildman–Crippen MR) is 150 cm³/mol. The SMILES string of the molecule is CCOC(=O)C1=C(C)N=c2s/c(=C\c3ccc(-c4ccc(C)cc4Br)o3)c(=O)n2C1c1cccc(OC)c1. The largest absolute Gasteiger partial charge is 0.497 e. The van der Waals surface area contributed by atoms with Crippen molar-refractivity contribution in [3.63, 3.8) is 0 Å². The molecule has 1 aliphatic rings. The van der Waals surface area contributed by atoms with Crippen molar-refractivity contribution >= 4 is 39.3 Å². The third-order valence-electron chi connectivity index (χ3n) is 6.22. The third-order valence-corrected chi connectivity index (χ3v) is 7.86. The molecule has 0 bridgehead atoms. The van der Waals surface area contributed by atoms with Crippen molar-refractivity contribution in [2.24, 2.45) is 4.99 Å². The Kier molecular flexibility index (Phi) is 7.23. The summed E-state index contributed by atoms with van der Waals surface area (Å²) in [5.41, 5.74) is 3.34. The van der Waals surface area contributed by atoms with E-state index in [9.17, 15) is 9.59 Å². The Hall–Kier alpha value is -3.69. The number of rotatable bonds is 6. The molecular formula is C29H25BrN2O5S. The maximum atomic E-state index is 13.8. The van der Waals surface area contributed by atoms with Crippen LogP contribution in [0.3, 0.4) is 0 Å². The molecule has 38 heavy (non-hydrogen) atoms. The molecule has 5 rings (SSSR count). The number of ether oxygens (including phenoxy) is 2. The molecule has 0 radical (unpaired) electrons. The lowest BCUT2D eigenvalue weighted by molar-refractivity contribution is -0.139. The Balaban J connectivity index is 1.64. The van der Waals surface area contributed by atoms with Crippen molar-refractivity contribution in [1.82, 2.24) is 4.57 Å². The van der Waals surface area contributed by atoms with Crippen LogP contribution in [0.4, 0.5) is 0 Å². The van der Waals surface area contributed by atoms with Crippen LogP contribution in [-0.2, 0) is 9.53 Å². The van der Waals surface area contributed by atoms with E-state index in [1.807, 2.05) is 61.5 Å². The van der Waals surface area contributed by atoms with Crippen molar-refractivity contribution < 1.29 is 18.7 Å². The monoisotopic (exact) mass is 592 g/mol. The number of carbonyl (C=O) groups excluding carboxylic acids is 1. The molecule has 1 unspecified atom stereocenters. The number of thiazole rings is 1. The van der Waals surface area contributed by atoms with E-state index in [1.54, 1.807) is 31.6 Å². The average molecular weight is 593 g/mol. The van der Waals surface area contributed by atoms with E-state index in [-0.39, 0.29) is 12.2 Å². The quantitative estimate of drug-likeness (QED) is 0.290. The molecule has 2 aromatic carbocycles. The molecule has 1 atom stereocenters. The van der Waals surface area contributed by atoms with Gasteiger partial charge in [0.15, 0.2) is 4.80 Å². The predicted octanol–water partition coefficient (Wildman–Crippen LogP) is 5.14. The second-order valence-electron chi connectivity index (χ2n) is 8.76. The molecule has 0 N–H and O–H groups in total. The number of benzene rings is 2. The highest BCUT2D eigenvalue weighted by Crippen LogP contribution is 2.33. The Bertz CT molecular complexity index is 1760. The van der Waals surface area contributed by atoms with Crippen LogP contribution in [0.5, 0.6) is 5.75 Å². The minimum absolute atomic E-state index is 0.211. The van der Waals surface area contributed by atoms with Crippen molar-refractivity contribution in [3.8, 4) is 17.1 Å². The lowest BCUT2D eigenvalue weighted by Crippen LogP contribution is -2.39. The molecule has 3 heterocycles. The fraction of sp³-hybridized carbons (Fsp3) is 0.207. The highest BCUT2D eigenvalue weighted by atomic mass is 79.9. The Labute approximate surface area is 231 Å². The fourth-order valence-electron chi connectivity index (χ4n) is 4.44. The summed E-state index contributed by atoms with van der Waals surface area (Å²) in [6, 6.07) is 16.3. The van der Waals surface area contributed by atoms with Gasteiger partial charge in [-0.25, -0.2) is 9.79 Å². The van der Waals surface area contributed by atoms with Crippen LogP contribution in [-0.4, -0.2) is 24.3 Å².